The van der Waals surface area contributed by atoms with Gasteiger partial charge in [-0.05, 0) is 31.6 Å². The van der Waals surface area contributed by atoms with Gasteiger partial charge < -0.3 is 15.4 Å². The van der Waals surface area contributed by atoms with Gasteiger partial charge in [-0.25, -0.2) is 0 Å². The molecule has 1 saturated carbocycles. The van der Waals surface area contributed by atoms with Crippen LogP contribution < -0.4 is 5.73 Å². The molecule has 6 heteroatoms. The molecular formula is C8H17ClNO3S-. The van der Waals surface area contributed by atoms with E-state index in [1.165, 1.54) is 0 Å². The lowest BCUT2D eigenvalue weighted by atomic mass is 9.80. The minimum atomic E-state index is -1.95. The van der Waals surface area contributed by atoms with Crippen molar-refractivity contribution in [2.75, 3.05) is 12.3 Å². The summed E-state index contributed by atoms with van der Waals surface area (Å²) >= 11 is -1.95. The van der Waals surface area contributed by atoms with Gasteiger partial charge in [0.25, 0.3) is 0 Å². The molecule has 0 spiro atoms. The van der Waals surface area contributed by atoms with Crippen LogP contribution in [0.3, 0.4) is 0 Å². The summed E-state index contributed by atoms with van der Waals surface area (Å²) in [4.78, 5) is 0. The second kappa shape index (κ2) is 6.02. The molecule has 1 atom stereocenters. The monoisotopic (exact) mass is 242 g/mol. The first kappa shape index (κ1) is 14.3. The highest BCUT2D eigenvalue weighted by Crippen LogP contribution is 2.31. The predicted molar refractivity (Wildman–Crippen MR) is 57.0 cm³/mol. The van der Waals surface area contributed by atoms with E-state index in [1.54, 1.807) is 0 Å². The van der Waals surface area contributed by atoms with E-state index in [9.17, 15) is 13.9 Å². The zero-order valence-electron chi connectivity index (χ0n) is 7.98. The van der Waals surface area contributed by atoms with Gasteiger partial charge in [-0.3, -0.25) is 4.21 Å². The Morgan fingerprint density at radius 1 is 1.50 bits per heavy atom. The lowest BCUT2D eigenvalue weighted by Gasteiger charge is -2.35. The molecule has 0 amide bonds. The highest BCUT2D eigenvalue weighted by atomic mass is 35.5. The summed E-state index contributed by atoms with van der Waals surface area (Å²) in [5.41, 5.74) is 4.68. The summed E-state index contributed by atoms with van der Waals surface area (Å²) in [5.74, 6) is 0.436. The van der Waals surface area contributed by atoms with Crippen molar-refractivity contribution < 1.29 is 13.9 Å². The maximum absolute atomic E-state index is 10.4. The average Bonchev–Trinajstić information content (AvgIpc) is 2.09. The third kappa shape index (κ3) is 4.23. The van der Waals surface area contributed by atoms with Crippen molar-refractivity contribution in [3.8, 4) is 0 Å². The van der Waals surface area contributed by atoms with E-state index < -0.39 is 16.7 Å². The first-order valence-electron chi connectivity index (χ1n) is 4.54. The topological polar surface area (TPSA) is 86.4 Å². The van der Waals surface area contributed by atoms with Gasteiger partial charge in [0, 0.05) is 12.3 Å². The van der Waals surface area contributed by atoms with E-state index in [0.29, 0.717) is 12.8 Å². The third-order valence-corrected chi connectivity index (χ3v) is 3.53. The molecule has 4 nitrogen and oxygen atoms in total. The lowest BCUT2D eigenvalue weighted by molar-refractivity contribution is 0.00160. The number of nitrogens with two attached hydrogens (primary N) is 1. The van der Waals surface area contributed by atoms with Crippen LogP contribution >= 0.6 is 12.4 Å². The van der Waals surface area contributed by atoms with Crippen LogP contribution in [-0.4, -0.2) is 31.8 Å². The fourth-order valence-electron chi connectivity index (χ4n) is 1.78. The Balaban J connectivity index is 0.00000169. The number of aliphatic hydroxyl groups is 1. The Bertz CT molecular complexity index is 195. The molecule has 0 aromatic heterocycles. The molecule has 3 N–H and O–H groups in total. The number of halogens is 1. The van der Waals surface area contributed by atoms with Crippen LogP contribution in [-0.2, 0) is 11.1 Å². The molecule has 0 aliphatic heterocycles. The Hall–Kier alpha value is 0.320. The first-order chi connectivity index (χ1) is 6.06. The van der Waals surface area contributed by atoms with Crippen molar-refractivity contribution in [2.24, 2.45) is 11.7 Å². The maximum Gasteiger partial charge on any atom is 0.0769 e. The summed E-state index contributed by atoms with van der Waals surface area (Å²) in [7, 11) is 0. The Morgan fingerprint density at radius 3 is 2.36 bits per heavy atom. The van der Waals surface area contributed by atoms with Gasteiger partial charge >= 0.3 is 0 Å². The molecular weight excluding hydrogens is 226 g/mol. The van der Waals surface area contributed by atoms with Gasteiger partial charge in [-0.1, -0.05) is 11.1 Å². The molecule has 1 rings (SSSR count). The van der Waals surface area contributed by atoms with Crippen molar-refractivity contribution in [1.29, 1.82) is 0 Å². The van der Waals surface area contributed by atoms with E-state index in [4.69, 9.17) is 5.73 Å². The molecule has 0 bridgehead atoms. The molecule has 1 fully saturated rings. The van der Waals surface area contributed by atoms with E-state index in [2.05, 4.69) is 0 Å². The number of hydrogen-bond acceptors (Lipinski definition) is 4. The molecule has 1 unspecified atom stereocenters. The van der Waals surface area contributed by atoms with Gasteiger partial charge in [-0.2, -0.15) is 0 Å². The molecule has 0 saturated heterocycles. The Labute approximate surface area is 93.0 Å². The molecule has 1 aliphatic carbocycles. The second-order valence-corrected chi connectivity index (χ2v) is 4.78. The summed E-state index contributed by atoms with van der Waals surface area (Å²) < 4.78 is 20.8. The molecule has 86 valence electrons. The summed E-state index contributed by atoms with van der Waals surface area (Å²) in [6.07, 6.45) is 2.79. The maximum atomic E-state index is 10.4. The average molecular weight is 243 g/mol. The number of rotatable bonds is 3. The van der Waals surface area contributed by atoms with Crippen molar-refractivity contribution >= 4 is 23.5 Å². The third-order valence-electron chi connectivity index (χ3n) is 2.79. The van der Waals surface area contributed by atoms with Crippen LogP contribution in [0.5, 0.6) is 0 Å². The standard InChI is InChI=1S/C8H17NO3S.ClH/c9-6-8(10)3-1-7(2-4-8)5-13(11)12;/h7,10H,1-6,9H2,(H,11,12);1H/p-1. The zero-order chi connectivity index (χ0) is 9.90. The van der Waals surface area contributed by atoms with Gasteiger partial charge in [0.2, 0.25) is 0 Å². The molecule has 0 radical (unpaired) electrons. The van der Waals surface area contributed by atoms with Gasteiger partial charge in [0.1, 0.15) is 0 Å². The largest absolute Gasteiger partial charge is 0.772 e. The van der Waals surface area contributed by atoms with Crippen LogP contribution in [0.2, 0.25) is 0 Å². The molecule has 0 heterocycles. The van der Waals surface area contributed by atoms with Crippen molar-refractivity contribution in [3.63, 3.8) is 0 Å². The molecule has 0 aromatic carbocycles. The smallest absolute Gasteiger partial charge is 0.0769 e. The van der Waals surface area contributed by atoms with Gasteiger partial charge in [-0.15, -0.1) is 12.4 Å². The quantitative estimate of drug-likeness (QED) is 0.691. The van der Waals surface area contributed by atoms with Gasteiger partial charge in [0.05, 0.1) is 5.60 Å². The fraction of sp³-hybridized carbons (Fsp3) is 1.00. The van der Waals surface area contributed by atoms with Crippen LogP contribution in [0.25, 0.3) is 0 Å². The Morgan fingerprint density at radius 2 is 2.00 bits per heavy atom. The van der Waals surface area contributed by atoms with E-state index in [0.717, 1.165) is 12.8 Å². The van der Waals surface area contributed by atoms with Crippen LogP contribution in [0.15, 0.2) is 0 Å². The van der Waals surface area contributed by atoms with Crippen LogP contribution in [0.4, 0.5) is 0 Å². The summed E-state index contributed by atoms with van der Waals surface area (Å²) in [5, 5.41) is 9.75. The molecule has 0 aromatic rings. The minimum Gasteiger partial charge on any atom is -0.772 e. The van der Waals surface area contributed by atoms with E-state index in [1.807, 2.05) is 0 Å². The van der Waals surface area contributed by atoms with E-state index >= 15 is 0 Å². The Kier molecular flexibility index (Phi) is 6.16. The molecule has 14 heavy (non-hydrogen) atoms. The van der Waals surface area contributed by atoms with E-state index in [-0.39, 0.29) is 30.6 Å². The summed E-state index contributed by atoms with van der Waals surface area (Å²) in [6, 6.07) is 0. The van der Waals surface area contributed by atoms with Crippen molar-refractivity contribution in [1.82, 2.24) is 0 Å². The highest BCUT2D eigenvalue weighted by molar-refractivity contribution is 7.79. The predicted octanol–water partition coefficient (Wildman–Crippen LogP) is 0.167. The van der Waals surface area contributed by atoms with Crippen molar-refractivity contribution in [2.45, 2.75) is 31.3 Å². The van der Waals surface area contributed by atoms with Crippen LogP contribution in [0.1, 0.15) is 25.7 Å². The lowest BCUT2D eigenvalue weighted by Crippen LogP contribution is -2.41. The zero-order valence-corrected chi connectivity index (χ0v) is 9.61. The van der Waals surface area contributed by atoms with Crippen LogP contribution in [0, 0.1) is 5.92 Å². The van der Waals surface area contributed by atoms with Crippen molar-refractivity contribution in [3.05, 3.63) is 0 Å². The highest BCUT2D eigenvalue weighted by Gasteiger charge is 2.31. The summed E-state index contributed by atoms with van der Waals surface area (Å²) in [6.45, 7) is 0.278. The van der Waals surface area contributed by atoms with Gasteiger partial charge in [0.15, 0.2) is 0 Å². The fourth-order valence-corrected chi connectivity index (χ4v) is 2.50. The minimum absolute atomic E-state index is 0. The SMILES string of the molecule is Cl.NCC1(O)CCC(CS(=O)[O-])CC1. The first-order valence-corrected chi connectivity index (χ1v) is 5.78. The number of hydrogen-bond donors (Lipinski definition) is 2. The normalized spacial score (nSPS) is 34.6. The second-order valence-electron chi connectivity index (χ2n) is 3.84. The molecule has 1 aliphatic rings.